The van der Waals surface area contributed by atoms with Crippen molar-refractivity contribution in [3.8, 4) is 22.6 Å². The Bertz CT molecular complexity index is 815. The Morgan fingerprint density at radius 2 is 0.941 bits per heavy atom. The van der Waals surface area contributed by atoms with Gasteiger partial charge in [0.15, 0.2) is 0 Å². The van der Waals surface area contributed by atoms with Gasteiger partial charge >= 0.3 is 0 Å². The Morgan fingerprint density at radius 1 is 0.618 bits per heavy atom. The maximum absolute atomic E-state index is 6.32. The smallest absolute Gasteiger partial charge is 0.125 e. The van der Waals surface area contributed by atoms with Crippen molar-refractivity contribution in [2.24, 2.45) is 0 Å². The summed E-state index contributed by atoms with van der Waals surface area (Å²) in [7, 11) is 0. The van der Waals surface area contributed by atoms with Crippen molar-refractivity contribution in [3.05, 3.63) is 46.5 Å². The van der Waals surface area contributed by atoms with Crippen LogP contribution in [0.3, 0.4) is 0 Å². The minimum atomic E-state index is 0.474. The SMILES string of the molecule is CCc1cc(-c2cc(CC)c(OCCCC3CO3)c(CC)c2)cc(CC)c1OCCCC1CO1. The standard InChI is InChI=1S/C30H42O4/c1-5-21-15-25(16-22(6-2)29(21)31-13-9-11-27-19-33-27)26-17-23(7-3)30(24(8-4)18-26)32-14-10-12-28-20-34-28/h15-18,27-28H,5-14,19-20H2,1-4H3. The fourth-order valence-electron chi connectivity index (χ4n) is 4.70. The topological polar surface area (TPSA) is 43.5 Å². The van der Waals surface area contributed by atoms with Crippen molar-refractivity contribution >= 4 is 0 Å². The molecule has 2 aliphatic rings. The number of epoxide rings is 2. The number of aryl methyl sites for hydroxylation is 4. The summed E-state index contributed by atoms with van der Waals surface area (Å²) in [6, 6.07) is 9.34. The third-order valence-electron chi connectivity index (χ3n) is 6.98. The molecule has 2 atom stereocenters. The highest BCUT2D eigenvalue weighted by molar-refractivity contribution is 5.71. The van der Waals surface area contributed by atoms with E-state index in [2.05, 4.69) is 52.0 Å². The largest absolute Gasteiger partial charge is 0.493 e. The molecule has 4 nitrogen and oxygen atoms in total. The molecule has 0 bridgehead atoms. The van der Waals surface area contributed by atoms with Crippen LogP contribution in [-0.4, -0.2) is 38.6 Å². The van der Waals surface area contributed by atoms with E-state index in [0.717, 1.165) is 89.3 Å². The van der Waals surface area contributed by atoms with Gasteiger partial charge in [0.25, 0.3) is 0 Å². The van der Waals surface area contributed by atoms with Gasteiger partial charge in [-0.05, 0) is 109 Å². The average molecular weight is 467 g/mol. The van der Waals surface area contributed by atoms with E-state index < -0.39 is 0 Å². The Hall–Kier alpha value is -2.04. The van der Waals surface area contributed by atoms with Crippen LogP contribution in [0.25, 0.3) is 11.1 Å². The lowest BCUT2D eigenvalue weighted by Gasteiger charge is -2.20. The molecule has 0 amide bonds. The van der Waals surface area contributed by atoms with Gasteiger partial charge in [-0.1, -0.05) is 27.7 Å². The van der Waals surface area contributed by atoms with Crippen LogP contribution in [0, 0.1) is 0 Å². The van der Waals surface area contributed by atoms with Crippen molar-refractivity contribution in [3.63, 3.8) is 0 Å². The molecule has 0 aliphatic carbocycles. The van der Waals surface area contributed by atoms with Gasteiger partial charge in [-0.25, -0.2) is 0 Å². The minimum absolute atomic E-state index is 0.474. The molecule has 4 heteroatoms. The summed E-state index contributed by atoms with van der Waals surface area (Å²) >= 11 is 0. The zero-order chi connectivity index (χ0) is 23.9. The molecule has 34 heavy (non-hydrogen) atoms. The van der Waals surface area contributed by atoms with Crippen molar-refractivity contribution in [2.75, 3.05) is 26.4 Å². The van der Waals surface area contributed by atoms with Crippen LogP contribution in [0.1, 0.15) is 75.6 Å². The maximum atomic E-state index is 6.32. The van der Waals surface area contributed by atoms with E-state index in [4.69, 9.17) is 18.9 Å². The first-order chi connectivity index (χ1) is 16.7. The molecule has 0 saturated carbocycles. The summed E-state index contributed by atoms with van der Waals surface area (Å²) in [4.78, 5) is 0. The van der Waals surface area contributed by atoms with Gasteiger partial charge in [-0.15, -0.1) is 0 Å². The molecule has 2 saturated heterocycles. The van der Waals surface area contributed by atoms with Gasteiger partial charge in [0.1, 0.15) is 11.5 Å². The fraction of sp³-hybridized carbons (Fsp3) is 0.600. The molecule has 2 heterocycles. The van der Waals surface area contributed by atoms with Gasteiger partial charge in [0.05, 0.1) is 38.6 Å². The molecule has 4 rings (SSSR count). The molecule has 2 fully saturated rings. The minimum Gasteiger partial charge on any atom is -0.493 e. The first-order valence-corrected chi connectivity index (χ1v) is 13.5. The summed E-state index contributed by atoms with van der Waals surface area (Å²) in [5.74, 6) is 2.19. The number of ether oxygens (including phenoxy) is 4. The molecule has 2 aromatic carbocycles. The first-order valence-electron chi connectivity index (χ1n) is 13.5. The number of benzene rings is 2. The number of hydrogen-bond donors (Lipinski definition) is 0. The van der Waals surface area contributed by atoms with Crippen LogP contribution in [-0.2, 0) is 35.2 Å². The number of rotatable bonds is 15. The van der Waals surface area contributed by atoms with Gasteiger partial charge in [-0.3, -0.25) is 0 Å². The molecule has 2 aromatic rings. The second kappa shape index (κ2) is 12.1. The van der Waals surface area contributed by atoms with Crippen molar-refractivity contribution in [2.45, 2.75) is 91.3 Å². The summed E-state index contributed by atoms with van der Waals surface area (Å²) < 4.78 is 23.3. The van der Waals surface area contributed by atoms with Gasteiger partial charge in [-0.2, -0.15) is 0 Å². The van der Waals surface area contributed by atoms with E-state index >= 15 is 0 Å². The molecule has 0 radical (unpaired) electrons. The van der Waals surface area contributed by atoms with Crippen LogP contribution >= 0.6 is 0 Å². The molecule has 2 unspecified atom stereocenters. The van der Waals surface area contributed by atoms with Crippen LogP contribution in [0.15, 0.2) is 24.3 Å². The van der Waals surface area contributed by atoms with E-state index in [0.29, 0.717) is 12.2 Å². The molecule has 0 aromatic heterocycles. The zero-order valence-corrected chi connectivity index (χ0v) is 21.6. The summed E-state index contributed by atoms with van der Waals surface area (Å²) in [5, 5.41) is 0. The van der Waals surface area contributed by atoms with E-state index in [1.54, 1.807) is 0 Å². The third kappa shape index (κ3) is 6.55. The molecule has 2 aliphatic heterocycles. The Kier molecular flexibility index (Phi) is 8.91. The summed E-state index contributed by atoms with van der Waals surface area (Å²) in [5.41, 5.74) is 7.78. The molecule has 0 spiro atoms. The van der Waals surface area contributed by atoms with Gasteiger partial charge in [0.2, 0.25) is 0 Å². The summed E-state index contributed by atoms with van der Waals surface area (Å²) in [6.45, 7) is 12.3. The normalized spacial score (nSPS) is 18.7. The molecular formula is C30H42O4. The van der Waals surface area contributed by atoms with E-state index in [1.165, 1.54) is 33.4 Å². The van der Waals surface area contributed by atoms with E-state index in [-0.39, 0.29) is 0 Å². The quantitative estimate of drug-likeness (QED) is 0.216. The van der Waals surface area contributed by atoms with Crippen molar-refractivity contribution in [1.82, 2.24) is 0 Å². The molecular weight excluding hydrogens is 424 g/mol. The lowest BCUT2D eigenvalue weighted by Crippen LogP contribution is -2.06. The second-order valence-electron chi connectivity index (χ2n) is 9.55. The predicted molar refractivity (Wildman–Crippen MR) is 138 cm³/mol. The highest BCUT2D eigenvalue weighted by atomic mass is 16.6. The Morgan fingerprint density at radius 3 is 1.21 bits per heavy atom. The predicted octanol–water partition coefficient (Wildman–Crippen LogP) is 6.72. The van der Waals surface area contributed by atoms with E-state index in [9.17, 15) is 0 Å². The fourth-order valence-corrected chi connectivity index (χ4v) is 4.70. The van der Waals surface area contributed by atoms with Crippen LogP contribution in [0.5, 0.6) is 11.5 Å². The first kappa shape index (κ1) is 25.1. The Balaban J connectivity index is 1.54. The lowest BCUT2D eigenvalue weighted by molar-refractivity contribution is 0.289. The summed E-state index contributed by atoms with van der Waals surface area (Å²) in [6.07, 6.45) is 9.12. The monoisotopic (exact) mass is 466 g/mol. The van der Waals surface area contributed by atoms with Crippen molar-refractivity contribution < 1.29 is 18.9 Å². The highest BCUT2D eigenvalue weighted by Crippen LogP contribution is 2.36. The average Bonchev–Trinajstić information content (AvgIpc) is 3.79. The maximum Gasteiger partial charge on any atom is 0.125 e. The highest BCUT2D eigenvalue weighted by Gasteiger charge is 2.22. The van der Waals surface area contributed by atoms with Crippen LogP contribution in [0.4, 0.5) is 0 Å². The molecule has 186 valence electrons. The van der Waals surface area contributed by atoms with Crippen molar-refractivity contribution in [1.29, 1.82) is 0 Å². The third-order valence-corrected chi connectivity index (χ3v) is 6.98. The van der Waals surface area contributed by atoms with Crippen LogP contribution in [0.2, 0.25) is 0 Å². The van der Waals surface area contributed by atoms with Gasteiger partial charge in [0, 0.05) is 0 Å². The number of hydrogen-bond acceptors (Lipinski definition) is 4. The molecule has 0 N–H and O–H groups in total. The van der Waals surface area contributed by atoms with Gasteiger partial charge < -0.3 is 18.9 Å². The van der Waals surface area contributed by atoms with E-state index in [1.807, 2.05) is 0 Å². The lowest BCUT2D eigenvalue weighted by atomic mass is 9.92. The van der Waals surface area contributed by atoms with Crippen LogP contribution < -0.4 is 9.47 Å². The second-order valence-corrected chi connectivity index (χ2v) is 9.55. The Labute approximate surface area is 205 Å². The zero-order valence-electron chi connectivity index (χ0n) is 21.6.